The minimum atomic E-state index is -4.42. The summed E-state index contributed by atoms with van der Waals surface area (Å²) in [7, 11) is 0. The summed E-state index contributed by atoms with van der Waals surface area (Å²) in [5.41, 5.74) is -0.173. The maximum absolute atomic E-state index is 12.6. The van der Waals surface area contributed by atoms with Gasteiger partial charge in [0.05, 0.1) is 16.8 Å². The largest absolute Gasteiger partial charge is 0.478 e. The highest BCUT2D eigenvalue weighted by Crippen LogP contribution is 2.30. The third-order valence-electron chi connectivity index (χ3n) is 2.75. The second-order valence-corrected chi connectivity index (χ2v) is 4.18. The third-order valence-corrected chi connectivity index (χ3v) is 2.75. The molecule has 6 heteroatoms. The Bertz CT molecular complexity index is 638. The monoisotopic (exact) mass is 281 g/mol. The molecule has 2 aromatic rings. The molecule has 0 saturated heterocycles. The molecule has 20 heavy (non-hydrogen) atoms. The summed E-state index contributed by atoms with van der Waals surface area (Å²) in [5, 5.41) is 9.01. The summed E-state index contributed by atoms with van der Waals surface area (Å²) in [6.07, 6.45) is -2.97. The first-order valence-electron chi connectivity index (χ1n) is 5.71. The van der Waals surface area contributed by atoms with Crippen molar-refractivity contribution in [3.8, 4) is 0 Å². The molecule has 0 unspecified atom stereocenters. The van der Waals surface area contributed by atoms with E-state index in [1.807, 2.05) is 0 Å². The molecular weight excluding hydrogens is 271 g/mol. The van der Waals surface area contributed by atoms with Gasteiger partial charge in [0.15, 0.2) is 0 Å². The lowest BCUT2D eigenvalue weighted by Crippen LogP contribution is -2.07. The Morgan fingerprint density at radius 3 is 2.60 bits per heavy atom. The van der Waals surface area contributed by atoms with Crippen molar-refractivity contribution in [2.24, 2.45) is 0 Å². The van der Waals surface area contributed by atoms with Crippen LogP contribution in [-0.4, -0.2) is 16.1 Å². The average molecular weight is 281 g/mol. The Labute approximate surface area is 112 Å². The predicted octanol–water partition coefficient (Wildman–Crippen LogP) is 3.39. The van der Waals surface area contributed by atoms with Gasteiger partial charge < -0.3 is 5.11 Å². The zero-order valence-corrected chi connectivity index (χ0v) is 10.2. The fourth-order valence-electron chi connectivity index (χ4n) is 1.82. The van der Waals surface area contributed by atoms with Crippen LogP contribution in [0.4, 0.5) is 13.2 Å². The Morgan fingerprint density at radius 1 is 1.20 bits per heavy atom. The van der Waals surface area contributed by atoms with E-state index in [1.165, 1.54) is 30.5 Å². The highest BCUT2D eigenvalue weighted by Gasteiger charge is 2.30. The number of nitrogens with zero attached hydrogens (tertiary/aromatic N) is 1. The number of hydrogen-bond acceptors (Lipinski definition) is 2. The summed E-state index contributed by atoms with van der Waals surface area (Å²) in [6, 6.07) is 7.62. The maximum atomic E-state index is 12.6. The number of pyridine rings is 1. The fraction of sp³-hybridized carbons (Fsp3) is 0.143. The maximum Gasteiger partial charge on any atom is 0.416 e. The minimum absolute atomic E-state index is 0.00934. The lowest BCUT2D eigenvalue weighted by atomic mass is 10.0. The normalized spacial score (nSPS) is 11.3. The van der Waals surface area contributed by atoms with Gasteiger partial charge in [-0.15, -0.1) is 0 Å². The van der Waals surface area contributed by atoms with Gasteiger partial charge in [-0.05, 0) is 23.8 Å². The van der Waals surface area contributed by atoms with Crippen LogP contribution in [-0.2, 0) is 12.6 Å². The number of carboxylic acids is 1. The summed E-state index contributed by atoms with van der Waals surface area (Å²) < 4.78 is 37.8. The van der Waals surface area contributed by atoms with E-state index in [0.717, 1.165) is 12.1 Å². The Balaban J connectivity index is 2.34. The predicted molar refractivity (Wildman–Crippen MR) is 65.4 cm³/mol. The van der Waals surface area contributed by atoms with Gasteiger partial charge in [-0.1, -0.05) is 18.2 Å². The number of aromatic nitrogens is 1. The molecule has 0 aliphatic heterocycles. The van der Waals surface area contributed by atoms with Crippen LogP contribution in [0, 0.1) is 0 Å². The minimum Gasteiger partial charge on any atom is -0.478 e. The topological polar surface area (TPSA) is 50.2 Å². The van der Waals surface area contributed by atoms with E-state index >= 15 is 0 Å². The van der Waals surface area contributed by atoms with Gasteiger partial charge in [-0.2, -0.15) is 13.2 Å². The number of carbonyl (C=O) groups is 1. The van der Waals surface area contributed by atoms with E-state index in [-0.39, 0.29) is 17.7 Å². The molecule has 0 spiro atoms. The molecule has 1 N–H and O–H groups in total. The molecule has 0 bridgehead atoms. The van der Waals surface area contributed by atoms with Gasteiger partial charge in [0, 0.05) is 12.6 Å². The summed E-state index contributed by atoms with van der Waals surface area (Å²) >= 11 is 0. The number of alkyl halides is 3. The number of halogens is 3. The van der Waals surface area contributed by atoms with Crippen molar-refractivity contribution in [1.29, 1.82) is 0 Å². The van der Waals surface area contributed by atoms with E-state index in [9.17, 15) is 18.0 Å². The van der Waals surface area contributed by atoms with Crippen LogP contribution in [0.2, 0.25) is 0 Å². The zero-order valence-electron chi connectivity index (χ0n) is 10.2. The van der Waals surface area contributed by atoms with Crippen molar-refractivity contribution in [2.75, 3.05) is 0 Å². The second-order valence-electron chi connectivity index (χ2n) is 4.18. The second kappa shape index (κ2) is 5.32. The van der Waals surface area contributed by atoms with Gasteiger partial charge in [0.25, 0.3) is 0 Å². The van der Waals surface area contributed by atoms with E-state index in [1.54, 1.807) is 0 Å². The summed E-state index contributed by atoms with van der Waals surface area (Å²) in [5.74, 6) is -1.15. The molecule has 0 fully saturated rings. The van der Waals surface area contributed by atoms with Crippen LogP contribution in [0.3, 0.4) is 0 Å². The van der Waals surface area contributed by atoms with Crippen LogP contribution in [0.1, 0.15) is 27.2 Å². The molecule has 0 atom stereocenters. The van der Waals surface area contributed by atoms with Crippen LogP contribution in [0.25, 0.3) is 0 Å². The van der Waals surface area contributed by atoms with Crippen molar-refractivity contribution in [3.63, 3.8) is 0 Å². The van der Waals surface area contributed by atoms with Crippen LogP contribution in [0.5, 0.6) is 0 Å². The smallest absolute Gasteiger partial charge is 0.416 e. The quantitative estimate of drug-likeness (QED) is 0.938. The molecule has 2 rings (SSSR count). The molecule has 1 aromatic carbocycles. The molecule has 104 valence electrons. The number of benzene rings is 1. The van der Waals surface area contributed by atoms with Gasteiger partial charge >= 0.3 is 12.1 Å². The SMILES string of the molecule is O=C(O)c1cccnc1Cc1cccc(C(F)(F)F)c1. The lowest BCUT2D eigenvalue weighted by molar-refractivity contribution is -0.137. The molecule has 0 radical (unpaired) electrons. The molecule has 3 nitrogen and oxygen atoms in total. The Morgan fingerprint density at radius 2 is 1.95 bits per heavy atom. The number of aromatic carboxylic acids is 1. The molecule has 0 amide bonds. The highest BCUT2D eigenvalue weighted by molar-refractivity contribution is 5.88. The lowest BCUT2D eigenvalue weighted by Gasteiger charge is -2.09. The molecule has 0 aliphatic carbocycles. The van der Waals surface area contributed by atoms with Gasteiger partial charge in [-0.25, -0.2) is 4.79 Å². The Kier molecular flexibility index (Phi) is 3.74. The number of rotatable bonds is 3. The summed E-state index contributed by atoms with van der Waals surface area (Å²) in [4.78, 5) is 14.9. The van der Waals surface area contributed by atoms with Crippen LogP contribution < -0.4 is 0 Å². The number of carboxylic acid groups (broad SMARTS) is 1. The van der Waals surface area contributed by atoms with Gasteiger partial charge in [0.1, 0.15) is 0 Å². The van der Waals surface area contributed by atoms with Gasteiger partial charge in [-0.3, -0.25) is 4.98 Å². The summed E-state index contributed by atoms with van der Waals surface area (Å²) in [6.45, 7) is 0. The molecular formula is C14H10F3NO2. The van der Waals surface area contributed by atoms with Crippen LogP contribution in [0.15, 0.2) is 42.6 Å². The number of hydrogen-bond donors (Lipinski definition) is 1. The highest BCUT2D eigenvalue weighted by atomic mass is 19.4. The molecule has 1 aromatic heterocycles. The van der Waals surface area contributed by atoms with E-state index in [0.29, 0.717) is 5.56 Å². The van der Waals surface area contributed by atoms with E-state index in [2.05, 4.69) is 4.98 Å². The van der Waals surface area contributed by atoms with Gasteiger partial charge in [0.2, 0.25) is 0 Å². The standard InChI is InChI=1S/C14H10F3NO2/c15-14(16,17)10-4-1-3-9(7-10)8-12-11(13(19)20)5-2-6-18-12/h1-7H,8H2,(H,19,20). The van der Waals surface area contributed by atoms with E-state index < -0.39 is 17.7 Å². The fourth-order valence-corrected chi connectivity index (χ4v) is 1.82. The van der Waals surface area contributed by atoms with Crippen molar-refractivity contribution >= 4 is 5.97 Å². The first kappa shape index (κ1) is 14.0. The Hall–Kier alpha value is -2.37. The first-order chi connectivity index (χ1) is 9.38. The third kappa shape index (κ3) is 3.14. The molecule has 0 saturated carbocycles. The average Bonchev–Trinajstić information content (AvgIpc) is 2.38. The molecule has 1 heterocycles. The van der Waals surface area contributed by atoms with Crippen molar-refractivity contribution < 1.29 is 23.1 Å². The van der Waals surface area contributed by atoms with Crippen molar-refractivity contribution in [1.82, 2.24) is 4.98 Å². The first-order valence-corrected chi connectivity index (χ1v) is 5.71. The molecule has 0 aliphatic rings. The van der Waals surface area contributed by atoms with Crippen molar-refractivity contribution in [3.05, 3.63) is 65.0 Å². The van der Waals surface area contributed by atoms with Crippen LogP contribution >= 0.6 is 0 Å². The zero-order chi connectivity index (χ0) is 14.8. The van der Waals surface area contributed by atoms with E-state index in [4.69, 9.17) is 5.11 Å². The van der Waals surface area contributed by atoms with Crippen molar-refractivity contribution in [2.45, 2.75) is 12.6 Å².